The molecule has 0 N–H and O–H groups in total. The smallest absolute Gasteiger partial charge is 0.229 e. The number of thioether (sulfide) groups is 1. The van der Waals surface area contributed by atoms with E-state index in [0.717, 1.165) is 33.8 Å². The maximum absolute atomic E-state index is 13.1. The number of hydrogen-bond donors (Lipinski definition) is 0. The van der Waals surface area contributed by atoms with Crippen LogP contribution in [0.25, 0.3) is 10.2 Å². The molecule has 0 spiro atoms. The minimum absolute atomic E-state index is 0. The zero-order valence-corrected chi connectivity index (χ0v) is 21.0. The van der Waals surface area contributed by atoms with E-state index >= 15 is 0 Å². The summed E-state index contributed by atoms with van der Waals surface area (Å²) < 4.78 is 19.8. The van der Waals surface area contributed by atoms with Crippen LogP contribution in [0.2, 0.25) is 0 Å². The first-order valence-corrected chi connectivity index (χ1v) is 12.1. The Balaban J connectivity index is 0.00000363. The lowest BCUT2D eigenvalue weighted by atomic mass is 10.3. The number of benzene rings is 2. The predicted octanol–water partition coefficient (Wildman–Crippen LogP) is 5.72. The molecule has 5 nitrogen and oxygen atoms in total. The van der Waals surface area contributed by atoms with Gasteiger partial charge >= 0.3 is 0 Å². The molecule has 9 heteroatoms. The zero-order valence-electron chi connectivity index (χ0n) is 18.5. The molecule has 0 radical (unpaired) electrons. The number of aromatic nitrogens is 1. The van der Waals surface area contributed by atoms with Gasteiger partial charge in [-0.15, -0.1) is 24.2 Å². The second kappa shape index (κ2) is 13.0. The highest BCUT2D eigenvalue weighted by Crippen LogP contribution is 2.34. The van der Waals surface area contributed by atoms with Crippen LogP contribution in [-0.4, -0.2) is 55.3 Å². The van der Waals surface area contributed by atoms with Gasteiger partial charge < -0.3 is 9.64 Å². The number of ether oxygens (including phenoxy) is 1. The maximum Gasteiger partial charge on any atom is 0.229 e. The third kappa shape index (κ3) is 7.33. The van der Waals surface area contributed by atoms with E-state index in [9.17, 15) is 9.18 Å². The first kappa shape index (κ1) is 26.4. The van der Waals surface area contributed by atoms with Crippen molar-refractivity contribution in [2.24, 2.45) is 0 Å². The molecule has 174 valence electrons. The fourth-order valence-corrected chi connectivity index (χ4v) is 4.96. The number of anilines is 1. The molecule has 0 atom stereocenters. The quantitative estimate of drug-likeness (QED) is 0.317. The molecular formula is C23H29ClFN3O2S2. The fraction of sp³-hybridized carbons (Fsp3) is 0.391. The highest BCUT2D eigenvalue weighted by Gasteiger charge is 2.20. The van der Waals surface area contributed by atoms with Gasteiger partial charge in [0.05, 0.1) is 11.3 Å². The van der Waals surface area contributed by atoms with Crippen molar-refractivity contribution >= 4 is 56.8 Å². The number of thiazole rings is 1. The molecule has 3 aromatic rings. The number of carbonyl (C=O) groups is 1. The van der Waals surface area contributed by atoms with Crippen LogP contribution in [0.3, 0.4) is 0 Å². The van der Waals surface area contributed by atoms with Crippen molar-refractivity contribution in [3.8, 4) is 5.75 Å². The second-order valence-electron chi connectivity index (χ2n) is 7.29. The van der Waals surface area contributed by atoms with Crippen LogP contribution in [0.15, 0.2) is 47.4 Å². The van der Waals surface area contributed by atoms with Gasteiger partial charge in [0, 0.05) is 23.6 Å². The fourth-order valence-electron chi connectivity index (χ4n) is 3.09. The number of rotatable bonds is 11. The standard InChI is InChI=1S/C23H28FN3O2S2.ClH/c1-4-29-19-7-5-8-20-22(19)25-23(31-20)27(15-6-14-26(2)3)21(28)13-16-30-18-11-9-17(24)10-12-18;/h5,7-12H,4,6,13-16H2,1-3H3;1H. The van der Waals surface area contributed by atoms with E-state index in [0.29, 0.717) is 30.5 Å². The molecular weight excluding hydrogens is 469 g/mol. The molecule has 3 rings (SSSR count). The summed E-state index contributed by atoms with van der Waals surface area (Å²) in [6.45, 7) is 4.02. The van der Waals surface area contributed by atoms with E-state index in [2.05, 4.69) is 4.90 Å². The van der Waals surface area contributed by atoms with E-state index in [4.69, 9.17) is 9.72 Å². The Kier molecular flexibility index (Phi) is 10.7. The summed E-state index contributed by atoms with van der Waals surface area (Å²) in [6, 6.07) is 12.2. The third-order valence-electron chi connectivity index (χ3n) is 4.59. The van der Waals surface area contributed by atoms with E-state index < -0.39 is 0 Å². The summed E-state index contributed by atoms with van der Waals surface area (Å²) in [6.07, 6.45) is 1.25. The normalized spacial score (nSPS) is 10.9. The molecule has 2 aromatic carbocycles. The minimum atomic E-state index is -0.255. The Morgan fingerprint density at radius 2 is 1.91 bits per heavy atom. The summed E-state index contributed by atoms with van der Waals surface area (Å²) in [4.78, 5) is 22.8. The van der Waals surface area contributed by atoms with Crippen LogP contribution in [-0.2, 0) is 4.79 Å². The Bertz CT molecular complexity index is 999. The maximum atomic E-state index is 13.1. The van der Waals surface area contributed by atoms with E-state index in [-0.39, 0.29) is 24.1 Å². The average molecular weight is 498 g/mol. The summed E-state index contributed by atoms with van der Waals surface area (Å²) in [5.41, 5.74) is 0.801. The summed E-state index contributed by atoms with van der Waals surface area (Å²) >= 11 is 3.07. The summed E-state index contributed by atoms with van der Waals surface area (Å²) in [5.74, 6) is 1.17. The number of hydrogen-bond acceptors (Lipinski definition) is 6. The lowest BCUT2D eigenvalue weighted by Crippen LogP contribution is -2.33. The van der Waals surface area contributed by atoms with E-state index in [1.54, 1.807) is 28.8 Å². The third-order valence-corrected chi connectivity index (χ3v) is 6.65. The lowest BCUT2D eigenvalue weighted by molar-refractivity contribution is -0.118. The van der Waals surface area contributed by atoms with Gasteiger partial charge in [0.1, 0.15) is 17.1 Å². The summed E-state index contributed by atoms with van der Waals surface area (Å²) in [7, 11) is 4.05. The monoisotopic (exact) mass is 497 g/mol. The van der Waals surface area contributed by atoms with Crippen molar-refractivity contribution in [1.29, 1.82) is 0 Å². The lowest BCUT2D eigenvalue weighted by Gasteiger charge is -2.21. The molecule has 0 unspecified atom stereocenters. The van der Waals surface area contributed by atoms with Crippen LogP contribution in [0.5, 0.6) is 5.75 Å². The van der Waals surface area contributed by atoms with Gasteiger partial charge in [-0.2, -0.15) is 0 Å². The molecule has 0 bridgehead atoms. The molecule has 0 saturated carbocycles. The van der Waals surface area contributed by atoms with Crippen LogP contribution in [0.1, 0.15) is 19.8 Å². The second-order valence-corrected chi connectivity index (χ2v) is 9.46. The zero-order chi connectivity index (χ0) is 22.2. The molecule has 1 amide bonds. The van der Waals surface area contributed by atoms with Gasteiger partial charge in [0.25, 0.3) is 0 Å². The van der Waals surface area contributed by atoms with E-state index in [1.165, 1.54) is 23.5 Å². The van der Waals surface area contributed by atoms with Gasteiger partial charge in [0.2, 0.25) is 5.91 Å². The first-order chi connectivity index (χ1) is 15.0. The highest BCUT2D eigenvalue weighted by molar-refractivity contribution is 7.99. The van der Waals surface area contributed by atoms with Crippen molar-refractivity contribution in [2.75, 3.05) is 44.4 Å². The predicted molar refractivity (Wildman–Crippen MR) is 135 cm³/mol. The number of para-hydroxylation sites is 1. The SMILES string of the molecule is CCOc1cccc2sc(N(CCCN(C)C)C(=O)CCSc3ccc(F)cc3)nc12.Cl. The Morgan fingerprint density at radius 3 is 2.59 bits per heavy atom. The number of carbonyl (C=O) groups excluding carboxylic acids is 1. The van der Waals surface area contributed by atoms with Crippen molar-refractivity contribution in [1.82, 2.24) is 9.88 Å². The molecule has 0 aliphatic heterocycles. The average Bonchev–Trinajstić information content (AvgIpc) is 3.17. The Morgan fingerprint density at radius 1 is 1.16 bits per heavy atom. The van der Waals surface area contributed by atoms with Gasteiger partial charge in [-0.25, -0.2) is 9.37 Å². The van der Waals surface area contributed by atoms with Crippen LogP contribution in [0, 0.1) is 5.82 Å². The van der Waals surface area contributed by atoms with Crippen molar-refractivity contribution < 1.29 is 13.9 Å². The first-order valence-electron chi connectivity index (χ1n) is 10.3. The highest BCUT2D eigenvalue weighted by atomic mass is 35.5. The Labute approximate surface area is 203 Å². The van der Waals surface area contributed by atoms with Crippen molar-refractivity contribution in [3.05, 3.63) is 48.3 Å². The molecule has 0 saturated heterocycles. The number of amides is 1. The summed E-state index contributed by atoms with van der Waals surface area (Å²) in [5, 5.41) is 0.706. The molecule has 1 heterocycles. The van der Waals surface area contributed by atoms with Crippen LogP contribution < -0.4 is 9.64 Å². The van der Waals surface area contributed by atoms with Gasteiger partial charge in [-0.05, 0) is 70.4 Å². The molecule has 0 aliphatic rings. The van der Waals surface area contributed by atoms with Crippen molar-refractivity contribution in [3.63, 3.8) is 0 Å². The van der Waals surface area contributed by atoms with Gasteiger partial charge in [0.15, 0.2) is 5.13 Å². The molecule has 0 fully saturated rings. The Hall–Kier alpha value is -1.87. The molecule has 1 aromatic heterocycles. The largest absolute Gasteiger partial charge is 0.492 e. The molecule has 32 heavy (non-hydrogen) atoms. The number of nitrogens with zero attached hydrogens (tertiary/aromatic N) is 3. The molecule has 0 aliphatic carbocycles. The van der Waals surface area contributed by atoms with Crippen LogP contribution in [0.4, 0.5) is 9.52 Å². The van der Waals surface area contributed by atoms with Gasteiger partial charge in [-0.1, -0.05) is 17.4 Å². The van der Waals surface area contributed by atoms with Gasteiger partial charge in [-0.3, -0.25) is 9.69 Å². The minimum Gasteiger partial charge on any atom is -0.492 e. The topological polar surface area (TPSA) is 45.7 Å². The van der Waals surface area contributed by atoms with Crippen molar-refractivity contribution in [2.45, 2.75) is 24.7 Å². The number of halogens is 2. The number of fused-ring (bicyclic) bond motifs is 1. The van der Waals surface area contributed by atoms with E-state index in [1.807, 2.05) is 39.2 Å². The van der Waals surface area contributed by atoms with Crippen LogP contribution >= 0.6 is 35.5 Å².